The van der Waals surface area contributed by atoms with Gasteiger partial charge in [0.05, 0.1) is 5.56 Å². The van der Waals surface area contributed by atoms with Crippen molar-refractivity contribution in [3.8, 4) is 0 Å². The summed E-state index contributed by atoms with van der Waals surface area (Å²) in [5.74, 6) is -0.406. The van der Waals surface area contributed by atoms with Crippen LogP contribution in [-0.2, 0) is 12.6 Å². The third kappa shape index (κ3) is 5.26. The normalized spacial score (nSPS) is 12.5. The topological polar surface area (TPSA) is 41.1 Å². The quantitative estimate of drug-likeness (QED) is 0.785. The average molecular weight is 340 g/mol. The highest BCUT2D eigenvalue weighted by molar-refractivity contribution is 5.89. The molecule has 0 aliphatic carbocycles. The molecule has 24 heavy (non-hydrogen) atoms. The Labute approximate surface area is 136 Å². The number of alkyl halides is 3. The number of hydrogen-bond donors (Lipinski definition) is 2. The maximum absolute atomic E-state index is 12.8. The van der Waals surface area contributed by atoms with Gasteiger partial charge in [-0.1, -0.05) is 12.1 Å². The van der Waals surface area contributed by atoms with Gasteiger partial charge in [0.2, 0.25) is 0 Å². The highest BCUT2D eigenvalue weighted by Gasteiger charge is 2.29. The summed E-state index contributed by atoms with van der Waals surface area (Å²) in [6, 6.07) is 9.34. The van der Waals surface area contributed by atoms with Crippen molar-refractivity contribution in [2.24, 2.45) is 0 Å². The Morgan fingerprint density at radius 3 is 2.17 bits per heavy atom. The molecule has 128 valence electrons. The fraction of sp³-hybridized carbons (Fsp3) is 0.235. The highest BCUT2D eigenvalue weighted by atomic mass is 19.4. The zero-order valence-electron chi connectivity index (χ0n) is 12.8. The predicted octanol–water partition coefficient (Wildman–Crippen LogP) is 4.60. The fourth-order valence-corrected chi connectivity index (χ4v) is 2.16. The lowest BCUT2D eigenvalue weighted by Crippen LogP contribution is -2.37. The van der Waals surface area contributed by atoms with Gasteiger partial charge in [0, 0.05) is 11.7 Å². The van der Waals surface area contributed by atoms with E-state index in [0.717, 1.165) is 12.1 Å². The maximum atomic E-state index is 12.8. The van der Waals surface area contributed by atoms with Gasteiger partial charge >= 0.3 is 12.2 Å². The van der Waals surface area contributed by atoms with Gasteiger partial charge in [0.25, 0.3) is 0 Å². The van der Waals surface area contributed by atoms with Gasteiger partial charge in [0.1, 0.15) is 5.82 Å². The summed E-state index contributed by atoms with van der Waals surface area (Å²) in [7, 11) is 0. The first-order valence-corrected chi connectivity index (χ1v) is 7.23. The van der Waals surface area contributed by atoms with Gasteiger partial charge in [-0.15, -0.1) is 0 Å². The standard InChI is InChI=1S/C17H16F4N2O/c1-11(10-12-2-4-13(5-3-12)17(19,20)21)22-16(24)23-15-8-6-14(18)7-9-15/h2-9,11H,10H2,1H3,(H2,22,23,24). The minimum absolute atomic E-state index is 0.290. The Hall–Kier alpha value is -2.57. The molecule has 0 saturated carbocycles. The van der Waals surface area contributed by atoms with Crippen molar-refractivity contribution < 1.29 is 22.4 Å². The van der Waals surface area contributed by atoms with E-state index in [0.29, 0.717) is 17.7 Å². The van der Waals surface area contributed by atoms with Crippen molar-refractivity contribution >= 4 is 11.7 Å². The monoisotopic (exact) mass is 340 g/mol. The van der Waals surface area contributed by atoms with Crippen LogP contribution in [0, 0.1) is 5.82 Å². The number of nitrogens with one attached hydrogen (secondary N) is 2. The van der Waals surface area contributed by atoms with E-state index in [-0.39, 0.29) is 6.04 Å². The van der Waals surface area contributed by atoms with Crippen LogP contribution in [0.15, 0.2) is 48.5 Å². The van der Waals surface area contributed by atoms with Gasteiger partial charge in [-0.2, -0.15) is 13.2 Å². The number of benzene rings is 2. The Kier molecular flexibility index (Phi) is 5.43. The van der Waals surface area contributed by atoms with Gasteiger partial charge in [-0.25, -0.2) is 9.18 Å². The van der Waals surface area contributed by atoms with Crippen LogP contribution in [0.2, 0.25) is 0 Å². The zero-order valence-corrected chi connectivity index (χ0v) is 12.8. The molecule has 0 saturated heterocycles. The molecule has 0 heterocycles. The molecule has 2 aromatic rings. The Morgan fingerprint density at radius 1 is 1.04 bits per heavy atom. The average Bonchev–Trinajstić information content (AvgIpc) is 2.49. The summed E-state index contributed by atoms with van der Waals surface area (Å²) in [4.78, 5) is 11.8. The zero-order chi connectivity index (χ0) is 17.7. The smallest absolute Gasteiger partial charge is 0.335 e. The van der Waals surface area contributed by atoms with E-state index < -0.39 is 23.6 Å². The first-order chi connectivity index (χ1) is 11.2. The van der Waals surface area contributed by atoms with Crippen molar-refractivity contribution in [2.75, 3.05) is 5.32 Å². The van der Waals surface area contributed by atoms with Crippen molar-refractivity contribution in [1.29, 1.82) is 0 Å². The molecular weight excluding hydrogens is 324 g/mol. The molecule has 0 spiro atoms. The molecular formula is C17H16F4N2O. The van der Waals surface area contributed by atoms with Gasteiger partial charge in [-0.05, 0) is 55.3 Å². The summed E-state index contributed by atoms with van der Waals surface area (Å²) in [6.07, 6.45) is -3.98. The largest absolute Gasteiger partial charge is 0.416 e. The molecule has 2 N–H and O–H groups in total. The number of rotatable bonds is 4. The molecule has 0 fully saturated rings. The minimum atomic E-state index is -4.36. The first-order valence-electron chi connectivity index (χ1n) is 7.23. The molecule has 0 aliphatic heterocycles. The van der Waals surface area contributed by atoms with Gasteiger partial charge < -0.3 is 10.6 Å². The number of hydrogen-bond acceptors (Lipinski definition) is 1. The highest BCUT2D eigenvalue weighted by Crippen LogP contribution is 2.29. The second-order valence-corrected chi connectivity index (χ2v) is 5.41. The molecule has 7 heteroatoms. The lowest BCUT2D eigenvalue weighted by molar-refractivity contribution is -0.137. The van der Waals surface area contributed by atoms with Crippen molar-refractivity contribution in [3.63, 3.8) is 0 Å². The number of halogens is 4. The number of amides is 2. The lowest BCUT2D eigenvalue weighted by Gasteiger charge is -2.15. The predicted molar refractivity (Wildman–Crippen MR) is 83.2 cm³/mol. The lowest BCUT2D eigenvalue weighted by atomic mass is 10.1. The number of anilines is 1. The molecule has 3 nitrogen and oxygen atoms in total. The van der Waals surface area contributed by atoms with E-state index >= 15 is 0 Å². The van der Waals surface area contributed by atoms with E-state index in [9.17, 15) is 22.4 Å². The molecule has 0 radical (unpaired) electrons. The third-order valence-corrected chi connectivity index (χ3v) is 3.30. The van der Waals surface area contributed by atoms with Crippen LogP contribution in [0.25, 0.3) is 0 Å². The summed E-state index contributed by atoms with van der Waals surface area (Å²) >= 11 is 0. The third-order valence-electron chi connectivity index (χ3n) is 3.30. The van der Waals surface area contributed by atoms with Crippen LogP contribution in [0.3, 0.4) is 0 Å². The van der Waals surface area contributed by atoms with Crippen molar-refractivity contribution in [2.45, 2.75) is 25.6 Å². The minimum Gasteiger partial charge on any atom is -0.335 e. The van der Waals surface area contributed by atoms with Gasteiger partial charge in [0.15, 0.2) is 0 Å². The summed E-state index contributed by atoms with van der Waals surface area (Å²) in [5, 5.41) is 5.22. The Morgan fingerprint density at radius 2 is 1.62 bits per heavy atom. The SMILES string of the molecule is CC(Cc1ccc(C(F)(F)F)cc1)NC(=O)Nc1ccc(F)cc1. The Balaban J connectivity index is 1.87. The summed E-state index contributed by atoms with van der Waals surface area (Å²) in [6.45, 7) is 1.74. The van der Waals surface area contributed by atoms with E-state index in [4.69, 9.17) is 0 Å². The summed E-state index contributed by atoms with van der Waals surface area (Å²) < 4.78 is 50.3. The Bertz CT molecular complexity index is 681. The van der Waals surface area contributed by atoms with Crippen LogP contribution in [0.1, 0.15) is 18.1 Å². The van der Waals surface area contributed by atoms with E-state index in [2.05, 4.69) is 10.6 Å². The molecule has 0 aliphatic rings. The van der Waals surface area contributed by atoms with Crippen LogP contribution < -0.4 is 10.6 Å². The molecule has 2 amide bonds. The molecule has 1 unspecified atom stereocenters. The number of carbonyl (C=O) groups excluding carboxylic acids is 1. The number of carbonyl (C=O) groups is 1. The van der Waals surface area contributed by atoms with Crippen molar-refractivity contribution in [3.05, 3.63) is 65.5 Å². The van der Waals surface area contributed by atoms with Crippen LogP contribution in [0.5, 0.6) is 0 Å². The van der Waals surface area contributed by atoms with Gasteiger partial charge in [-0.3, -0.25) is 0 Å². The van der Waals surface area contributed by atoms with E-state index in [1.807, 2.05) is 0 Å². The molecule has 0 bridgehead atoms. The number of urea groups is 1. The molecule has 0 aromatic heterocycles. The van der Waals surface area contributed by atoms with E-state index in [1.165, 1.54) is 36.4 Å². The molecule has 2 aromatic carbocycles. The van der Waals surface area contributed by atoms with Crippen LogP contribution >= 0.6 is 0 Å². The molecule has 2 rings (SSSR count). The second-order valence-electron chi connectivity index (χ2n) is 5.41. The first kappa shape index (κ1) is 17.8. The van der Waals surface area contributed by atoms with Crippen LogP contribution in [-0.4, -0.2) is 12.1 Å². The van der Waals surface area contributed by atoms with E-state index in [1.54, 1.807) is 6.92 Å². The summed E-state index contributed by atoms with van der Waals surface area (Å²) in [5.41, 5.74) is 0.411. The fourth-order valence-electron chi connectivity index (χ4n) is 2.16. The van der Waals surface area contributed by atoms with Crippen LogP contribution in [0.4, 0.5) is 28.0 Å². The second kappa shape index (κ2) is 7.33. The maximum Gasteiger partial charge on any atom is 0.416 e. The van der Waals surface area contributed by atoms with Crippen molar-refractivity contribution in [1.82, 2.24) is 5.32 Å². The molecule has 1 atom stereocenters.